The fraction of sp³-hybridized carbons (Fsp3) is 0.200. The second kappa shape index (κ2) is 18.1. The van der Waals surface area contributed by atoms with Gasteiger partial charge in [-0.3, -0.25) is 30.6 Å². The fourth-order valence-electron chi connectivity index (χ4n) is 7.05. The van der Waals surface area contributed by atoms with Crippen molar-refractivity contribution in [3.05, 3.63) is 120 Å². The van der Waals surface area contributed by atoms with Gasteiger partial charge in [0.1, 0.15) is 62.7 Å². The van der Waals surface area contributed by atoms with Crippen LogP contribution in [-0.2, 0) is 5.60 Å². The summed E-state index contributed by atoms with van der Waals surface area (Å²) in [5.74, 6) is -2.04. The SMILES string of the molecule is CCNC(=O)Nc1nc2c(-c3ncccc3F)cc(-c3cnc(C(C)O)c(F)c3)cc2[nH]1.CCNC(=O)Nc1nc2c(-c3ncccc3F)cc(-c3cnc(C4(O)CC4)c(F)c3)cc2[nH]1. The third-order valence-corrected chi connectivity index (χ3v) is 10.3. The molecule has 0 saturated heterocycles. The minimum Gasteiger partial charge on any atom is -0.387 e. The van der Waals surface area contributed by atoms with Crippen LogP contribution in [0.15, 0.2) is 85.5 Å². The molecule has 8 N–H and O–H groups in total. The van der Waals surface area contributed by atoms with Crippen molar-refractivity contribution >= 4 is 46.0 Å². The zero-order valence-corrected chi connectivity index (χ0v) is 34.9. The molecule has 65 heavy (non-hydrogen) atoms. The zero-order valence-electron chi connectivity index (χ0n) is 34.9. The maximum atomic E-state index is 14.7. The zero-order chi connectivity index (χ0) is 46.0. The summed E-state index contributed by atoms with van der Waals surface area (Å²) in [6.45, 7) is 5.86. The summed E-state index contributed by atoms with van der Waals surface area (Å²) in [5.41, 5.74) is 3.27. The predicted octanol–water partition coefficient (Wildman–Crippen LogP) is 8.25. The molecular weight excluding hydrogens is 849 g/mol. The number of anilines is 2. The molecule has 1 saturated carbocycles. The number of pyridine rings is 4. The maximum Gasteiger partial charge on any atom is 0.321 e. The summed E-state index contributed by atoms with van der Waals surface area (Å²) in [6.07, 6.45) is 5.70. The molecule has 2 aromatic carbocycles. The number of imidazole rings is 2. The van der Waals surface area contributed by atoms with Gasteiger partial charge in [-0.1, -0.05) is 0 Å². The number of fused-ring (bicyclic) bond motifs is 2. The molecule has 1 atom stereocenters. The molecule has 4 amide bonds. The monoisotopic (exact) mass is 888 g/mol. The van der Waals surface area contributed by atoms with Crippen LogP contribution in [0.4, 0.5) is 39.0 Å². The van der Waals surface area contributed by atoms with E-state index in [9.17, 15) is 37.4 Å². The first-order chi connectivity index (χ1) is 31.2. The Morgan fingerprint density at radius 3 is 1.57 bits per heavy atom. The largest absolute Gasteiger partial charge is 0.387 e. The predicted molar refractivity (Wildman–Crippen MR) is 234 cm³/mol. The number of rotatable bonds is 10. The van der Waals surface area contributed by atoms with Crippen molar-refractivity contribution in [1.82, 2.24) is 50.5 Å². The Balaban J connectivity index is 0.000000177. The van der Waals surface area contributed by atoms with Crippen LogP contribution >= 0.6 is 0 Å². The molecule has 6 aromatic heterocycles. The van der Waals surface area contributed by atoms with Crippen molar-refractivity contribution < 1.29 is 37.4 Å². The van der Waals surface area contributed by atoms with Crippen LogP contribution in [-0.4, -0.2) is 75.2 Å². The Morgan fingerprint density at radius 2 is 1.15 bits per heavy atom. The molecular formula is C45H40F4N12O4. The van der Waals surface area contributed by atoms with Gasteiger partial charge in [0.15, 0.2) is 0 Å². The molecule has 1 aliphatic carbocycles. The van der Waals surface area contributed by atoms with Crippen molar-refractivity contribution in [2.24, 2.45) is 0 Å². The number of urea groups is 2. The third kappa shape index (κ3) is 9.29. The quantitative estimate of drug-likeness (QED) is 0.0613. The minimum absolute atomic E-state index is 0.0262. The standard InChI is InChI=1S/C23H20F2N6O2.C22H20F2N6O2/c1-2-26-22(32)31-21-29-17-10-12(13-9-16(25)20(28-11-13)23(33)5-6-23)8-14(19(17)30-21)18-15(24)4-3-7-27-18;1-3-25-22(32)30-21-28-17-9-12(13-8-16(24)18(11(2)31)27-10-13)7-14(20(17)29-21)19-15(23)5-4-6-26-19/h3-4,7-11,33H,2,5-6H2,1H3,(H3,26,29,30,31,32);4-11,31H,3H2,1-2H3,(H3,25,28,29,30,32). The van der Waals surface area contributed by atoms with E-state index in [0.29, 0.717) is 81.4 Å². The summed E-state index contributed by atoms with van der Waals surface area (Å²) in [7, 11) is 0. The number of aromatic nitrogens is 8. The van der Waals surface area contributed by atoms with Gasteiger partial charge in [-0.15, -0.1) is 0 Å². The number of amides is 4. The molecule has 0 bridgehead atoms. The lowest BCUT2D eigenvalue weighted by Gasteiger charge is -2.11. The number of hydrogen-bond donors (Lipinski definition) is 8. The Morgan fingerprint density at radius 1 is 0.677 bits per heavy atom. The number of carbonyl (C=O) groups excluding carboxylic acids is 2. The number of nitrogens with one attached hydrogen (secondary N) is 6. The first kappa shape index (κ1) is 43.8. The second-order valence-electron chi connectivity index (χ2n) is 15.0. The number of aliphatic hydroxyl groups excluding tert-OH is 1. The summed E-state index contributed by atoms with van der Waals surface area (Å²) < 4.78 is 58.4. The van der Waals surface area contributed by atoms with Gasteiger partial charge in [-0.2, -0.15) is 0 Å². The van der Waals surface area contributed by atoms with Crippen molar-refractivity contribution in [2.45, 2.75) is 45.3 Å². The number of carbonyl (C=O) groups is 2. The highest BCUT2D eigenvalue weighted by Crippen LogP contribution is 2.46. The van der Waals surface area contributed by atoms with Crippen LogP contribution in [0, 0.1) is 23.3 Å². The van der Waals surface area contributed by atoms with Crippen molar-refractivity contribution in [3.8, 4) is 44.8 Å². The molecule has 0 radical (unpaired) electrons. The Hall–Kier alpha value is -7.84. The summed E-state index contributed by atoms with van der Waals surface area (Å²) in [6, 6.07) is 13.8. The molecule has 6 heterocycles. The minimum atomic E-state index is -1.20. The van der Waals surface area contributed by atoms with Gasteiger partial charge in [-0.25, -0.2) is 37.1 Å². The van der Waals surface area contributed by atoms with Crippen molar-refractivity contribution in [2.75, 3.05) is 23.7 Å². The number of aromatic amines is 2. The number of benzene rings is 2. The summed E-state index contributed by atoms with van der Waals surface area (Å²) >= 11 is 0. The molecule has 1 fully saturated rings. The maximum absolute atomic E-state index is 14.7. The number of aliphatic hydroxyl groups is 2. The van der Waals surface area contributed by atoms with Crippen LogP contribution in [0.5, 0.6) is 0 Å². The molecule has 1 unspecified atom stereocenters. The summed E-state index contributed by atoms with van der Waals surface area (Å²) in [5, 5.41) is 30.2. The van der Waals surface area contributed by atoms with E-state index in [1.165, 1.54) is 68.1 Å². The molecule has 8 aromatic rings. The molecule has 0 spiro atoms. The van der Waals surface area contributed by atoms with Gasteiger partial charge in [0, 0.05) is 60.1 Å². The third-order valence-electron chi connectivity index (χ3n) is 10.3. The molecule has 16 nitrogen and oxygen atoms in total. The smallest absolute Gasteiger partial charge is 0.321 e. The lowest BCUT2D eigenvalue weighted by molar-refractivity contribution is 0.141. The number of nitrogens with zero attached hydrogens (tertiary/aromatic N) is 6. The molecule has 9 rings (SSSR count). The normalized spacial score (nSPS) is 13.2. The lowest BCUT2D eigenvalue weighted by Crippen LogP contribution is -2.28. The number of halogens is 4. The van der Waals surface area contributed by atoms with E-state index in [-0.39, 0.29) is 34.7 Å². The van der Waals surface area contributed by atoms with Crippen molar-refractivity contribution in [3.63, 3.8) is 0 Å². The van der Waals surface area contributed by atoms with Gasteiger partial charge in [0.05, 0.1) is 17.1 Å². The number of H-pyrrole nitrogens is 2. The van der Waals surface area contributed by atoms with E-state index in [2.05, 4.69) is 61.1 Å². The second-order valence-corrected chi connectivity index (χ2v) is 15.0. The topological polar surface area (TPSA) is 232 Å². The van der Waals surface area contributed by atoms with Gasteiger partial charge in [-0.05, 0) is 105 Å². The fourth-order valence-corrected chi connectivity index (χ4v) is 7.05. The van der Waals surface area contributed by atoms with E-state index >= 15 is 0 Å². The summed E-state index contributed by atoms with van der Waals surface area (Å²) in [4.78, 5) is 55.0. The molecule has 20 heteroatoms. The van der Waals surface area contributed by atoms with E-state index in [1.54, 1.807) is 38.1 Å². The van der Waals surface area contributed by atoms with Crippen LogP contribution in [0.25, 0.3) is 66.8 Å². The first-order valence-electron chi connectivity index (χ1n) is 20.4. The van der Waals surface area contributed by atoms with Crippen LogP contribution < -0.4 is 21.3 Å². The average Bonchev–Trinajstić information content (AvgIpc) is 3.67. The van der Waals surface area contributed by atoms with Crippen LogP contribution in [0.2, 0.25) is 0 Å². The van der Waals surface area contributed by atoms with Gasteiger partial charge >= 0.3 is 12.1 Å². The Kier molecular flexibility index (Phi) is 12.2. The van der Waals surface area contributed by atoms with Crippen LogP contribution in [0.3, 0.4) is 0 Å². The first-order valence-corrected chi connectivity index (χ1v) is 20.4. The van der Waals surface area contributed by atoms with Crippen LogP contribution in [0.1, 0.15) is 51.1 Å². The molecule has 332 valence electrons. The van der Waals surface area contributed by atoms with E-state index < -0.39 is 47.0 Å². The van der Waals surface area contributed by atoms with Crippen molar-refractivity contribution in [1.29, 1.82) is 0 Å². The highest BCUT2D eigenvalue weighted by molar-refractivity contribution is 5.99. The van der Waals surface area contributed by atoms with E-state index in [1.807, 2.05) is 0 Å². The highest BCUT2D eigenvalue weighted by Gasteiger charge is 2.45. The number of hydrogen-bond acceptors (Lipinski definition) is 10. The van der Waals surface area contributed by atoms with E-state index in [4.69, 9.17) is 0 Å². The molecule has 0 aliphatic heterocycles. The lowest BCUT2D eigenvalue weighted by atomic mass is 10.00. The van der Waals surface area contributed by atoms with Gasteiger partial charge < -0.3 is 30.8 Å². The Bertz CT molecular complexity index is 3100. The average molecular weight is 889 g/mol. The molecule has 1 aliphatic rings. The van der Waals surface area contributed by atoms with Gasteiger partial charge in [0.25, 0.3) is 0 Å². The highest BCUT2D eigenvalue weighted by atomic mass is 19.1. The van der Waals surface area contributed by atoms with Gasteiger partial charge in [0.2, 0.25) is 11.9 Å². The van der Waals surface area contributed by atoms with E-state index in [0.717, 1.165) is 0 Å². The Labute approximate surface area is 367 Å².